The lowest BCUT2D eigenvalue weighted by molar-refractivity contribution is -0.0393. The van der Waals surface area contributed by atoms with E-state index in [-0.39, 0.29) is 6.61 Å². The zero-order chi connectivity index (χ0) is 26.6. The van der Waals surface area contributed by atoms with Gasteiger partial charge in [0.05, 0.1) is 79.3 Å². The van der Waals surface area contributed by atoms with E-state index in [0.717, 1.165) is 16.7 Å². The standard InChI is InChI=1S/C31H40O7/c32-16-17-33-18-19-34-20-21-35-22-23-36-24-25-37-26-27-38-31(28-10-4-1-5-11-28,29-12-6-2-7-13-29)30-14-8-3-9-15-30/h1-15,32H,16-27H2. The van der Waals surface area contributed by atoms with E-state index in [1.807, 2.05) is 54.6 Å². The first-order valence-corrected chi connectivity index (χ1v) is 13.2. The minimum absolute atomic E-state index is 0.0272. The molecule has 3 rings (SSSR count). The van der Waals surface area contributed by atoms with Gasteiger partial charge in [-0.1, -0.05) is 91.0 Å². The first-order chi connectivity index (χ1) is 18.9. The van der Waals surface area contributed by atoms with E-state index in [9.17, 15) is 0 Å². The summed E-state index contributed by atoms with van der Waals surface area (Å²) in [6.07, 6.45) is 0. The van der Waals surface area contributed by atoms with Gasteiger partial charge in [0.15, 0.2) is 0 Å². The molecule has 0 spiro atoms. The van der Waals surface area contributed by atoms with Crippen LogP contribution in [0.25, 0.3) is 0 Å². The van der Waals surface area contributed by atoms with Crippen molar-refractivity contribution in [2.75, 3.05) is 79.3 Å². The maximum Gasteiger partial charge on any atom is 0.143 e. The Labute approximate surface area is 226 Å². The van der Waals surface area contributed by atoms with Crippen LogP contribution in [0.5, 0.6) is 0 Å². The van der Waals surface area contributed by atoms with Gasteiger partial charge in [-0.2, -0.15) is 0 Å². The van der Waals surface area contributed by atoms with Crippen molar-refractivity contribution in [2.24, 2.45) is 0 Å². The first-order valence-electron chi connectivity index (χ1n) is 13.2. The van der Waals surface area contributed by atoms with Crippen LogP contribution >= 0.6 is 0 Å². The second-order valence-corrected chi connectivity index (χ2v) is 8.41. The quantitative estimate of drug-likeness (QED) is 0.166. The highest BCUT2D eigenvalue weighted by atomic mass is 16.6. The van der Waals surface area contributed by atoms with Crippen molar-refractivity contribution in [3.05, 3.63) is 108 Å². The predicted octanol–water partition coefficient (Wildman–Crippen LogP) is 4.07. The molecule has 0 aliphatic rings. The van der Waals surface area contributed by atoms with Gasteiger partial charge in [0.25, 0.3) is 0 Å². The van der Waals surface area contributed by atoms with Gasteiger partial charge >= 0.3 is 0 Å². The lowest BCUT2D eigenvalue weighted by Gasteiger charge is -2.36. The zero-order valence-electron chi connectivity index (χ0n) is 22.0. The van der Waals surface area contributed by atoms with Crippen LogP contribution in [0.4, 0.5) is 0 Å². The lowest BCUT2D eigenvalue weighted by atomic mass is 9.80. The van der Waals surface area contributed by atoms with Gasteiger partial charge in [0.1, 0.15) is 5.60 Å². The maximum absolute atomic E-state index is 8.62. The number of rotatable bonds is 21. The molecule has 0 amide bonds. The SMILES string of the molecule is OCCOCCOCCOCCOCCOCCOC(c1ccccc1)(c1ccccc1)c1ccccc1. The van der Waals surface area contributed by atoms with Crippen LogP contribution in [0.2, 0.25) is 0 Å². The van der Waals surface area contributed by atoms with Crippen molar-refractivity contribution in [2.45, 2.75) is 5.60 Å². The largest absolute Gasteiger partial charge is 0.394 e. The van der Waals surface area contributed by atoms with Crippen LogP contribution in [0.15, 0.2) is 91.0 Å². The molecule has 206 valence electrons. The number of hydrogen-bond donors (Lipinski definition) is 1. The summed E-state index contributed by atoms with van der Waals surface area (Å²) in [5, 5.41) is 8.62. The molecule has 1 N–H and O–H groups in total. The molecular weight excluding hydrogens is 484 g/mol. The Hall–Kier alpha value is -2.62. The van der Waals surface area contributed by atoms with Gasteiger partial charge in [-0.3, -0.25) is 0 Å². The van der Waals surface area contributed by atoms with Crippen LogP contribution in [0.1, 0.15) is 16.7 Å². The highest BCUT2D eigenvalue weighted by Crippen LogP contribution is 2.40. The summed E-state index contributed by atoms with van der Waals surface area (Å²) in [6, 6.07) is 30.9. The zero-order valence-corrected chi connectivity index (χ0v) is 22.0. The molecule has 0 radical (unpaired) electrons. The molecule has 0 fully saturated rings. The van der Waals surface area contributed by atoms with Crippen LogP contribution in [0, 0.1) is 0 Å². The fourth-order valence-electron chi connectivity index (χ4n) is 4.07. The van der Waals surface area contributed by atoms with E-state index in [1.54, 1.807) is 0 Å². The Morgan fingerprint density at radius 2 is 0.684 bits per heavy atom. The molecule has 3 aromatic carbocycles. The van der Waals surface area contributed by atoms with Crippen LogP contribution in [-0.4, -0.2) is 84.4 Å². The molecular formula is C31H40O7. The Morgan fingerprint density at radius 1 is 0.395 bits per heavy atom. The molecule has 0 aliphatic heterocycles. The summed E-state index contributed by atoms with van der Waals surface area (Å²) in [5.74, 6) is 0. The van der Waals surface area contributed by atoms with Gasteiger partial charge in [-0.05, 0) is 16.7 Å². The maximum atomic E-state index is 8.62. The molecule has 0 aliphatic carbocycles. The molecule has 0 atom stereocenters. The Kier molecular flexibility index (Phi) is 14.7. The number of aliphatic hydroxyl groups excluding tert-OH is 1. The monoisotopic (exact) mass is 524 g/mol. The summed E-state index contributed by atoms with van der Waals surface area (Å²) in [5.41, 5.74) is 2.47. The normalized spacial score (nSPS) is 11.6. The van der Waals surface area contributed by atoms with Crippen molar-refractivity contribution >= 4 is 0 Å². The van der Waals surface area contributed by atoms with Crippen LogP contribution < -0.4 is 0 Å². The smallest absolute Gasteiger partial charge is 0.143 e. The number of benzene rings is 3. The molecule has 0 heterocycles. The summed E-state index contributed by atoms with van der Waals surface area (Å²) < 4.78 is 34.0. The topological polar surface area (TPSA) is 75.6 Å². The van der Waals surface area contributed by atoms with Crippen LogP contribution in [-0.2, 0) is 34.0 Å². The molecule has 7 heteroatoms. The number of hydrogen-bond acceptors (Lipinski definition) is 7. The van der Waals surface area contributed by atoms with Gasteiger partial charge < -0.3 is 33.5 Å². The van der Waals surface area contributed by atoms with Crippen molar-refractivity contribution in [3.63, 3.8) is 0 Å². The average Bonchev–Trinajstić information content (AvgIpc) is 2.98. The second-order valence-electron chi connectivity index (χ2n) is 8.41. The molecule has 0 aromatic heterocycles. The van der Waals surface area contributed by atoms with Gasteiger partial charge in [-0.25, -0.2) is 0 Å². The highest BCUT2D eigenvalue weighted by molar-refractivity contribution is 5.47. The molecule has 0 bridgehead atoms. The summed E-state index contributed by atoms with van der Waals surface area (Å²) >= 11 is 0. The van der Waals surface area contributed by atoms with E-state index < -0.39 is 5.60 Å². The van der Waals surface area contributed by atoms with E-state index in [0.29, 0.717) is 72.7 Å². The minimum atomic E-state index is -0.739. The highest BCUT2D eigenvalue weighted by Gasteiger charge is 2.37. The molecule has 3 aromatic rings. The third-order valence-electron chi connectivity index (χ3n) is 5.81. The van der Waals surface area contributed by atoms with Crippen molar-refractivity contribution < 1.29 is 33.5 Å². The summed E-state index contributed by atoms with van der Waals surface area (Å²) in [7, 11) is 0. The third-order valence-corrected chi connectivity index (χ3v) is 5.81. The predicted molar refractivity (Wildman–Crippen MR) is 146 cm³/mol. The van der Waals surface area contributed by atoms with E-state index in [2.05, 4.69) is 36.4 Å². The van der Waals surface area contributed by atoms with E-state index >= 15 is 0 Å². The fourth-order valence-corrected chi connectivity index (χ4v) is 4.07. The van der Waals surface area contributed by atoms with E-state index in [1.165, 1.54) is 0 Å². The van der Waals surface area contributed by atoms with Gasteiger partial charge in [0, 0.05) is 0 Å². The first kappa shape index (κ1) is 29.9. The van der Waals surface area contributed by atoms with E-state index in [4.69, 9.17) is 33.5 Å². The van der Waals surface area contributed by atoms with Crippen molar-refractivity contribution in [1.82, 2.24) is 0 Å². The Bertz CT molecular complexity index is 857. The fraction of sp³-hybridized carbons (Fsp3) is 0.419. The van der Waals surface area contributed by atoms with Crippen molar-refractivity contribution in [1.29, 1.82) is 0 Å². The second kappa shape index (κ2) is 18.6. The number of ether oxygens (including phenoxy) is 6. The average molecular weight is 525 g/mol. The van der Waals surface area contributed by atoms with Gasteiger partial charge in [0.2, 0.25) is 0 Å². The molecule has 0 saturated heterocycles. The van der Waals surface area contributed by atoms with Crippen molar-refractivity contribution in [3.8, 4) is 0 Å². The Morgan fingerprint density at radius 3 is 1.00 bits per heavy atom. The lowest BCUT2D eigenvalue weighted by Crippen LogP contribution is -2.34. The van der Waals surface area contributed by atoms with Gasteiger partial charge in [-0.15, -0.1) is 0 Å². The third kappa shape index (κ3) is 9.93. The minimum Gasteiger partial charge on any atom is -0.394 e. The Balaban J connectivity index is 1.38. The molecule has 0 unspecified atom stereocenters. The number of aliphatic hydroxyl groups is 1. The summed E-state index contributed by atoms with van der Waals surface area (Å²) in [4.78, 5) is 0. The molecule has 38 heavy (non-hydrogen) atoms. The summed E-state index contributed by atoms with van der Waals surface area (Å²) in [6.45, 7) is 5.18. The molecule has 0 saturated carbocycles. The van der Waals surface area contributed by atoms with Crippen LogP contribution in [0.3, 0.4) is 0 Å². The molecule has 7 nitrogen and oxygen atoms in total.